The molecule has 0 fully saturated rings. The van der Waals surface area contributed by atoms with Gasteiger partial charge in [-0.25, -0.2) is 13.2 Å². The summed E-state index contributed by atoms with van der Waals surface area (Å²) < 4.78 is 28.4. The lowest BCUT2D eigenvalue weighted by molar-refractivity contribution is -0.139. The Kier molecular flexibility index (Phi) is 6.11. The summed E-state index contributed by atoms with van der Waals surface area (Å²) in [7, 11) is -1.16. The second-order valence-corrected chi connectivity index (χ2v) is 8.92. The van der Waals surface area contributed by atoms with Crippen molar-refractivity contribution in [3.63, 3.8) is 0 Å². The number of aryl methyl sites for hydroxylation is 2. The van der Waals surface area contributed by atoms with Crippen LogP contribution in [0.3, 0.4) is 0 Å². The lowest BCUT2D eigenvalue weighted by Gasteiger charge is -2.21. The number of nitrogens with one attached hydrogen (secondary N) is 1. The molecule has 0 radical (unpaired) electrons. The van der Waals surface area contributed by atoms with Gasteiger partial charge in [0, 0.05) is 14.1 Å². The van der Waals surface area contributed by atoms with E-state index >= 15 is 0 Å². The highest BCUT2D eigenvalue weighted by Gasteiger charge is 2.30. The number of carbonyl (C=O) groups excluding carboxylic acids is 1. The van der Waals surface area contributed by atoms with Gasteiger partial charge in [-0.2, -0.15) is 5.10 Å². The molecule has 1 amide bonds. The van der Waals surface area contributed by atoms with Crippen molar-refractivity contribution in [2.24, 2.45) is 7.05 Å². The van der Waals surface area contributed by atoms with Crippen LogP contribution in [0, 0.1) is 6.92 Å². The third-order valence-corrected chi connectivity index (χ3v) is 6.55. The molecule has 0 aliphatic carbocycles. The minimum atomic E-state index is -3.98. The van der Waals surface area contributed by atoms with Crippen LogP contribution in [-0.2, 0) is 21.9 Å². The average molecular weight is 442 g/mol. The number of benzene rings is 2. The summed E-state index contributed by atoms with van der Waals surface area (Å²) in [6.07, 6.45) is 1.20. The van der Waals surface area contributed by atoms with Crippen molar-refractivity contribution in [2.45, 2.75) is 17.9 Å². The minimum absolute atomic E-state index is 0.00951. The summed E-state index contributed by atoms with van der Waals surface area (Å²) in [6, 6.07) is 13.2. The van der Waals surface area contributed by atoms with Gasteiger partial charge in [-0.1, -0.05) is 48.0 Å². The van der Waals surface area contributed by atoms with Gasteiger partial charge in [-0.05, 0) is 24.6 Å². The van der Waals surface area contributed by atoms with Crippen molar-refractivity contribution in [2.75, 3.05) is 11.4 Å². The molecule has 0 saturated carbocycles. The molecule has 0 bridgehead atoms. The van der Waals surface area contributed by atoms with E-state index in [0.717, 1.165) is 9.87 Å². The van der Waals surface area contributed by atoms with Crippen LogP contribution in [0.1, 0.15) is 27.5 Å². The van der Waals surface area contributed by atoms with E-state index in [2.05, 4.69) is 10.4 Å². The normalized spacial score (nSPS) is 12.2. The Balaban J connectivity index is 1.95. The van der Waals surface area contributed by atoms with Crippen molar-refractivity contribution >= 4 is 27.7 Å². The van der Waals surface area contributed by atoms with Gasteiger partial charge >= 0.3 is 5.97 Å². The quantitative estimate of drug-likeness (QED) is 0.578. The van der Waals surface area contributed by atoms with Gasteiger partial charge in [0.25, 0.3) is 15.9 Å². The van der Waals surface area contributed by atoms with E-state index in [4.69, 9.17) is 0 Å². The topological polar surface area (TPSA) is 122 Å². The molecular formula is C21H22N4O5S. The maximum Gasteiger partial charge on any atom is 0.330 e. The highest BCUT2D eigenvalue weighted by atomic mass is 32.2. The number of carboxylic acids is 1. The van der Waals surface area contributed by atoms with Crippen LogP contribution in [0.2, 0.25) is 0 Å². The van der Waals surface area contributed by atoms with Crippen LogP contribution in [0.4, 0.5) is 5.82 Å². The van der Waals surface area contributed by atoms with Gasteiger partial charge in [0.05, 0.1) is 11.1 Å². The lowest BCUT2D eigenvalue weighted by atomic mass is 10.1. The molecule has 9 nitrogen and oxygen atoms in total. The molecule has 1 unspecified atom stereocenters. The van der Waals surface area contributed by atoms with E-state index < -0.39 is 27.9 Å². The van der Waals surface area contributed by atoms with Crippen LogP contribution in [0.15, 0.2) is 65.7 Å². The third-order valence-electron chi connectivity index (χ3n) is 4.79. The first-order valence-electron chi connectivity index (χ1n) is 9.29. The SMILES string of the molecule is Cc1ccc(S(=O)(=O)N(C)c2c(C(=O)NC(C(=O)O)c3ccccc3)cnn2C)cc1. The molecule has 0 saturated heterocycles. The predicted molar refractivity (Wildman–Crippen MR) is 114 cm³/mol. The van der Waals surface area contributed by atoms with Crippen LogP contribution in [-0.4, -0.2) is 42.2 Å². The van der Waals surface area contributed by atoms with E-state index in [1.165, 1.54) is 37.1 Å². The highest BCUT2D eigenvalue weighted by Crippen LogP contribution is 2.26. The Bertz CT molecular complexity index is 1200. The number of aromatic nitrogens is 2. The number of nitrogens with zero attached hydrogens (tertiary/aromatic N) is 3. The van der Waals surface area contributed by atoms with Gasteiger partial charge in [0.15, 0.2) is 11.9 Å². The van der Waals surface area contributed by atoms with Gasteiger partial charge in [0.1, 0.15) is 5.56 Å². The first-order chi connectivity index (χ1) is 14.6. The molecule has 1 heterocycles. The molecule has 2 aromatic carbocycles. The number of rotatable bonds is 7. The van der Waals surface area contributed by atoms with E-state index in [1.807, 2.05) is 6.92 Å². The molecular weight excluding hydrogens is 420 g/mol. The van der Waals surface area contributed by atoms with Crippen molar-refractivity contribution in [1.29, 1.82) is 0 Å². The van der Waals surface area contributed by atoms with Crippen LogP contribution in [0.5, 0.6) is 0 Å². The van der Waals surface area contributed by atoms with Gasteiger partial charge < -0.3 is 10.4 Å². The monoisotopic (exact) mass is 442 g/mol. The average Bonchev–Trinajstić information content (AvgIpc) is 3.13. The van der Waals surface area contributed by atoms with Crippen molar-refractivity contribution < 1.29 is 23.1 Å². The lowest BCUT2D eigenvalue weighted by Crippen LogP contribution is -2.35. The maximum absolute atomic E-state index is 13.1. The molecule has 3 aromatic rings. The predicted octanol–water partition coefficient (Wildman–Crippen LogP) is 2.11. The smallest absolute Gasteiger partial charge is 0.330 e. The second kappa shape index (κ2) is 8.60. The second-order valence-electron chi connectivity index (χ2n) is 6.95. The summed E-state index contributed by atoms with van der Waals surface area (Å²) in [5, 5.41) is 16.0. The number of carboxylic acid groups (broad SMARTS) is 1. The summed E-state index contributed by atoms with van der Waals surface area (Å²) in [5.74, 6) is -1.99. The Labute approximate surface area is 180 Å². The van der Waals surface area contributed by atoms with Crippen LogP contribution in [0.25, 0.3) is 0 Å². The Hall–Kier alpha value is -3.66. The first-order valence-corrected chi connectivity index (χ1v) is 10.7. The van der Waals surface area contributed by atoms with E-state index in [1.54, 1.807) is 42.5 Å². The molecule has 2 N–H and O–H groups in total. The number of amides is 1. The molecule has 0 aliphatic heterocycles. The first kappa shape index (κ1) is 22.0. The fourth-order valence-corrected chi connectivity index (χ4v) is 4.33. The Morgan fingerprint density at radius 1 is 1.10 bits per heavy atom. The van der Waals surface area contributed by atoms with Gasteiger partial charge in [-0.15, -0.1) is 0 Å². The molecule has 0 aliphatic rings. The van der Waals surface area contributed by atoms with Crippen LogP contribution < -0.4 is 9.62 Å². The fourth-order valence-electron chi connectivity index (χ4n) is 3.09. The minimum Gasteiger partial charge on any atom is -0.479 e. The number of carbonyl (C=O) groups is 2. The van der Waals surface area contributed by atoms with Crippen molar-refractivity contribution in [3.8, 4) is 0 Å². The van der Waals surface area contributed by atoms with Crippen molar-refractivity contribution in [1.82, 2.24) is 15.1 Å². The molecule has 0 spiro atoms. The van der Waals surface area contributed by atoms with E-state index in [0.29, 0.717) is 5.56 Å². The fraction of sp³-hybridized carbons (Fsp3) is 0.190. The van der Waals surface area contributed by atoms with E-state index in [-0.39, 0.29) is 16.3 Å². The molecule has 3 rings (SSSR count). The summed E-state index contributed by atoms with van der Waals surface area (Å²) in [5.41, 5.74) is 1.22. The number of anilines is 1. The zero-order chi connectivity index (χ0) is 22.8. The summed E-state index contributed by atoms with van der Waals surface area (Å²) in [4.78, 5) is 24.7. The standard InChI is InChI=1S/C21H22N4O5S/c1-14-9-11-16(12-10-14)31(29,30)25(3)20-17(13-22-24(20)2)19(26)23-18(21(27)28)15-7-5-4-6-8-15/h4-13,18H,1-3H3,(H,23,26)(H,27,28). The molecule has 31 heavy (non-hydrogen) atoms. The summed E-state index contributed by atoms with van der Waals surface area (Å²) in [6.45, 7) is 1.84. The van der Waals surface area contributed by atoms with E-state index in [9.17, 15) is 23.1 Å². The highest BCUT2D eigenvalue weighted by molar-refractivity contribution is 7.92. The number of hydrogen-bond donors (Lipinski definition) is 2. The zero-order valence-corrected chi connectivity index (χ0v) is 18.0. The molecule has 10 heteroatoms. The maximum atomic E-state index is 13.1. The summed E-state index contributed by atoms with van der Waals surface area (Å²) >= 11 is 0. The zero-order valence-electron chi connectivity index (χ0n) is 17.2. The largest absolute Gasteiger partial charge is 0.479 e. The molecule has 1 aromatic heterocycles. The van der Waals surface area contributed by atoms with Gasteiger partial charge in [0.2, 0.25) is 0 Å². The number of sulfonamides is 1. The Morgan fingerprint density at radius 3 is 2.29 bits per heavy atom. The number of aliphatic carboxylic acids is 1. The van der Waals surface area contributed by atoms with Crippen LogP contribution >= 0.6 is 0 Å². The Morgan fingerprint density at radius 2 is 1.71 bits per heavy atom. The van der Waals surface area contributed by atoms with Gasteiger partial charge in [-0.3, -0.25) is 13.8 Å². The molecule has 162 valence electrons. The molecule has 1 atom stereocenters. The van der Waals surface area contributed by atoms with Crippen molar-refractivity contribution in [3.05, 3.63) is 77.5 Å². The third kappa shape index (κ3) is 4.43. The number of hydrogen-bond acceptors (Lipinski definition) is 5.